The number of thioether (sulfide) groups is 1. The highest BCUT2D eigenvalue weighted by molar-refractivity contribution is 8.13. The van der Waals surface area contributed by atoms with Crippen LogP contribution in [0.25, 0.3) is 0 Å². The van der Waals surface area contributed by atoms with Gasteiger partial charge in [0.2, 0.25) is 0 Å². The maximum Gasteiger partial charge on any atom is 0.312 e. The molecule has 0 aliphatic carbocycles. The number of carbonyl (C=O) groups excluding carboxylic acids is 3. The van der Waals surface area contributed by atoms with E-state index in [9.17, 15) is 14.4 Å². The lowest BCUT2D eigenvalue weighted by molar-refractivity contribution is -0.134. The molecule has 0 N–H and O–H groups in total. The van der Waals surface area contributed by atoms with Gasteiger partial charge in [0, 0.05) is 30.0 Å². The van der Waals surface area contributed by atoms with E-state index in [0.29, 0.717) is 30.0 Å². The van der Waals surface area contributed by atoms with E-state index < -0.39 is 5.97 Å². The normalized spacial score (nSPS) is 13.8. The molecule has 0 radical (unpaired) electrons. The molecule has 0 saturated carbocycles. The standard InChI is InChI=1S/C19H17NO4S/c21-17(10-11-20-12-13-25-19(20)23)24-16-8-6-15(7-9-16)18(22)14-4-2-1-3-5-14/h1-9H,10-13H2. The first-order valence-electron chi connectivity index (χ1n) is 7.96. The zero-order valence-corrected chi connectivity index (χ0v) is 14.3. The van der Waals surface area contributed by atoms with Crippen molar-refractivity contribution in [3.05, 3.63) is 65.7 Å². The fourth-order valence-corrected chi connectivity index (χ4v) is 3.32. The molecule has 0 bridgehead atoms. The highest BCUT2D eigenvalue weighted by Crippen LogP contribution is 2.18. The Morgan fingerprint density at radius 3 is 2.32 bits per heavy atom. The molecule has 3 rings (SSSR count). The molecule has 5 nitrogen and oxygen atoms in total. The van der Waals surface area contributed by atoms with Crippen molar-refractivity contribution >= 4 is 28.8 Å². The van der Waals surface area contributed by atoms with Crippen molar-refractivity contribution in [2.75, 3.05) is 18.8 Å². The Labute approximate surface area is 150 Å². The second kappa shape index (κ2) is 7.98. The molecule has 0 atom stereocenters. The van der Waals surface area contributed by atoms with Gasteiger partial charge in [-0.3, -0.25) is 14.4 Å². The maximum absolute atomic E-state index is 12.3. The van der Waals surface area contributed by atoms with Crippen molar-refractivity contribution in [3.8, 4) is 5.75 Å². The number of ketones is 1. The predicted octanol–water partition coefficient (Wildman–Crippen LogP) is 3.38. The molecule has 1 heterocycles. The third-order valence-corrected chi connectivity index (χ3v) is 4.71. The quantitative estimate of drug-likeness (QED) is 0.451. The number of hydrogen-bond donors (Lipinski definition) is 0. The number of rotatable bonds is 6. The minimum atomic E-state index is -0.396. The second-order valence-corrected chi connectivity index (χ2v) is 6.59. The summed E-state index contributed by atoms with van der Waals surface area (Å²) in [4.78, 5) is 37.3. The van der Waals surface area contributed by atoms with Crippen LogP contribution in [0, 0.1) is 0 Å². The molecule has 0 unspecified atom stereocenters. The molecule has 25 heavy (non-hydrogen) atoms. The van der Waals surface area contributed by atoms with Crippen molar-refractivity contribution in [2.45, 2.75) is 6.42 Å². The van der Waals surface area contributed by atoms with E-state index in [1.807, 2.05) is 18.2 Å². The van der Waals surface area contributed by atoms with Crippen LogP contribution in [0.5, 0.6) is 5.75 Å². The fraction of sp³-hybridized carbons (Fsp3) is 0.211. The summed E-state index contributed by atoms with van der Waals surface area (Å²) >= 11 is 1.27. The Morgan fingerprint density at radius 1 is 1.00 bits per heavy atom. The average Bonchev–Trinajstić information content (AvgIpc) is 3.06. The third-order valence-electron chi connectivity index (χ3n) is 3.81. The Balaban J connectivity index is 1.54. The minimum Gasteiger partial charge on any atom is -0.426 e. The van der Waals surface area contributed by atoms with Crippen LogP contribution in [0.2, 0.25) is 0 Å². The number of carbonyl (C=O) groups is 3. The van der Waals surface area contributed by atoms with Crippen LogP contribution in [0.1, 0.15) is 22.3 Å². The van der Waals surface area contributed by atoms with Crippen LogP contribution < -0.4 is 4.74 Å². The van der Waals surface area contributed by atoms with Crippen LogP contribution >= 0.6 is 11.8 Å². The van der Waals surface area contributed by atoms with E-state index in [0.717, 1.165) is 5.75 Å². The Kier molecular flexibility index (Phi) is 5.50. The van der Waals surface area contributed by atoms with Crippen LogP contribution in [0.4, 0.5) is 4.79 Å². The molecule has 1 saturated heterocycles. The fourth-order valence-electron chi connectivity index (χ4n) is 2.47. The number of esters is 1. The van der Waals surface area contributed by atoms with Gasteiger partial charge in [0.05, 0.1) is 6.42 Å². The van der Waals surface area contributed by atoms with Crippen LogP contribution in [-0.4, -0.2) is 40.7 Å². The molecular formula is C19H17NO4S. The summed E-state index contributed by atoms with van der Waals surface area (Å²) in [6.07, 6.45) is 0.150. The van der Waals surface area contributed by atoms with Gasteiger partial charge in [-0.2, -0.15) is 0 Å². The van der Waals surface area contributed by atoms with Gasteiger partial charge >= 0.3 is 5.97 Å². The van der Waals surface area contributed by atoms with Gasteiger partial charge in [0.1, 0.15) is 5.75 Å². The van der Waals surface area contributed by atoms with Gasteiger partial charge < -0.3 is 9.64 Å². The molecule has 1 aliphatic rings. The highest BCUT2D eigenvalue weighted by atomic mass is 32.2. The summed E-state index contributed by atoms with van der Waals surface area (Å²) in [7, 11) is 0. The van der Waals surface area contributed by atoms with Crippen LogP contribution in [-0.2, 0) is 4.79 Å². The van der Waals surface area contributed by atoms with Gasteiger partial charge in [-0.1, -0.05) is 42.1 Å². The topological polar surface area (TPSA) is 63.7 Å². The number of benzene rings is 2. The molecule has 1 fully saturated rings. The van der Waals surface area contributed by atoms with Crippen molar-refractivity contribution in [1.82, 2.24) is 4.90 Å². The molecule has 1 amide bonds. The zero-order chi connectivity index (χ0) is 17.6. The van der Waals surface area contributed by atoms with E-state index in [2.05, 4.69) is 0 Å². The summed E-state index contributed by atoms with van der Waals surface area (Å²) in [6, 6.07) is 15.5. The lowest BCUT2D eigenvalue weighted by Crippen LogP contribution is -2.27. The summed E-state index contributed by atoms with van der Waals surface area (Å²) in [6.45, 7) is 1.04. The van der Waals surface area contributed by atoms with E-state index in [4.69, 9.17) is 4.74 Å². The van der Waals surface area contributed by atoms with Crippen LogP contribution in [0.3, 0.4) is 0 Å². The first-order valence-corrected chi connectivity index (χ1v) is 8.94. The lowest BCUT2D eigenvalue weighted by Gasteiger charge is -2.13. The molecule has 0 aromatic heterocycles. The van der Waals surface area contributed by atoms with Crippen LogP contribution in [0.15, 0.2) is 54.6 Å². The summed E-state index contributed by atoms with van der Waals surface area (Å²) < 4.78 is 5.25. The van der Waals surface area contributed by atoms with Crippen molar-refractivity contribution in [3.63, 3.8) is 0 Å². The smallest absolute Gasteiger partial charge is 0.312 e. The van der Waals surface area contributed by atoms with Gasteiger partial charge in [-0.25, -0.2) is 0 Å². The molecule has 0 spiro atoms. The Hall–Kier alpha value is -2.60. The summed E-state index contributed by atoms with van der Waals surface area (Å²) in [5, 5.41) is 0.0107. The van der Waals surface area contributed by atoms with E-state index in [1.165, 1.54) is 11.8 Å². The van der Waals surface area contributed by atoms with Crippen molar-refractivity contribution in [1.29, 1.82) is 0 Å². The molecule has 6 heteroatoms. The van der Waals surface area contributed by atoms with E-state index in [-0.39, 0.29) is 17.4 Å². The lowest BCUT2D eigenvalue weighted by atomic mass is 10.0. The first kappa shape index (κ1) is 17.2. The Bertz CT molecular complexity index is 774. The molecule has 1 aliphatic heterocycles. The van der Waals surface area contributed by atoms with Crippen molar-refractivity contribution < 1.29 is 19.1 Å². The molecule has 2 aromatic rings. The zero-order valence-electron chi connectivity index (χ0n) is 13.5. The van der Waals surface area contributed by atoms with Gasteiger partial charge in [0.25, 0.3) is 5.24 Å². The highest BCUT2D eigenvalue weighted by Gasteiger charge is 2.21. The molecular weight excluding hydrogens is 338 g/mol. The monoisotopic (exact) mass is 355 g/mol. The number of nitrogens with zero attached hydrogens (tertiary/aromatic N) is 1. The second-order valence-electron chi connectivity index (χ2n) is 5.55. The third kappa shape index (κ3) is 4.48. The number of hydrogen-bond acceptors (Lipinski definition) is 5. The predicted molar refractivity (Wildman–Crippen MR) is 96.0 cm³/mol. The minimum absolute atomic E-state index is 0.0107. The van der Waals surface area contributed by atoms with Gasteiger partial charge in [-0.15, -0.1) is 0 Å². The number of amides is 1. The summed E-state index contributed by atoms with van der Waals surface area (Å²) in [5.74, 6) is 0.678. The Morgan fingerprint density at radius 2 is 1.68 bits per heavy atom. The largest absolute Gasteiger partial charge is 0.426 e. The maximum atomic E-state index is 12.3. The average molecular weight is 355 g/mol. The molecule has 2 aromatic carbocycles. The first-order chi connectivity index (χ1) is 12.1. The van der Waals surface area contributed by atoms with E-state index in [1.54, 1.807) is 41.3 Å². The van der Waals surface area contributed by atoms with Gasteiger partial charge in [0.15, 0.2) is 5.78 Å². The molecule has 128 valence electrons. The van der Waals surface area contributed by atoms with E-state index >= 15 is 0 Å². The number of ether oxygens (including phenoxy) is 1. The van der Waals surface area contributed by atoms with Gasteiger partial charge in [-0.05, 0) is 24.3 Å². The summed E-state index contributed by atoms with van der Waals surface area (Å²) in [5.41, 5.74) is 1.14. The van der Waals surface area contributed by atoms with Crippen molar-refractivity contribution in [2.24, 2.45) is 0 Å². The SMILES string of the molecule is O=C(CCN1CCSC1=O)Oc1ccc(C(=O)c2ccccc2)cc1.